The van der Waals surface area contributed by atoms with Gasteiger partial charge in [-0.1, -0.05) is 45.2 Å². The van der Waals surface area contributed by atoms with Crippen molar-refractivity contribution in [3.8, 4) is 0 Å². The fraction of sp³-hybridized carbons (Fsp3) is 0.0625. The Balaban J connectivity index is 1.93. The summed E-state index contributed by atoms with van der Waals surface area (Å²) in [4.78, 5) is 12.4. The van der Waals surface area contributed by atoms with Gasteiger partial charge in [0.05, 0.1) is 16.6 Å². The van der Waals surface area contributed by atoms with E-state index < -0.39 is 0 Å². The number of hydrogen-bond acceptors (Lipinski definition) is 1. The van der Waals surface area contributed by atoms with Gasteiger partial charge in [0, 0.05) is 27.1 Å². The summed E-state index contributed by atoms with van der Waals surface area (Å²) in [5.74, 6) is -0.00829. The lowest BCUT2D eigenvalue weighted by Gasteiger charge is -2.06. The summed E-state index contributed by atoms with van der Waals surface area (Å²) in [6.45, 7) is 0.262. The highest BCUT2D eigenvalue weighted by Crippen LogP contribution is 2.26. The van der Waals surface area contributed by atoms with Gasteiger partial charge in [-0.3, -0.25) is 4.79 Å². The molecule has 0 fully saturated rings. The molecule has 0 saturated heterocycles. The Labute approximate surface area is 140 Å². The quantitative estimate of drug-likeness (QED) is 0.541. The standard InChI is InChI=1S/C16H10BrCl2NO/c17-12-2-1-3-15-11(12)6-7-20(15)9-16(21)10-4-5-13(18)14(19)8-10/h1-8H,9H2. The van der Waals surface area contributed by atoms with E-state index in [-0.39, 0.29) is 12.3 Å². The summed E-state index contributed by atoms with van der Waals surface area (Å²) in [5, 5.41) is 1.92. The molecule has 0 unspecified atom stereocenters. The SMILES string of the molecule is O=C(Cn1ccc2c(Br)cccc21)c1ccc(Cl)c(Cl)c1. The van der Waals surface area contributed by atoms with Crippen LogP contribution in [-0.4, -0.2) is 10.4 Å². The summed E-state index contributed by atoms with van der Waals surface area (Å²) in [7, 11) is 0. The van der Waals surface area contributed by atoms with Crippen molar-refractivity contribution in [3.63, 3.8) is 0 Å². The fourth-order valence-electron chi connectivity index (χ4n) is 2.24. The first kappa shape index (κ1) is 14.6. The van der Waals surface area contributed by atoms with Gasteiger partial charge >= 0.3 is 0 Å². The minimum absolute atomic E-state index is 0.00829. The third kappa shape index (κ3) is 2.86. The third-order valence-electron chi connectivity index (χ3n) is 3.32. The predicted octanol–water partition coefficient (Wildman–Crippen LogP) is 5.59. The summed E-state index contributed by atoms with van der Waals surface area (Å²) in [5.41, 5.74) is 1.57. The van der Waals surface area contributed by atoms with Gasteiger partial charge < -0.3 is 4.57 Å². The largest absolute Gasteiger partial charge is 0.340 e. The zero-order valence-corrected chi connectivity index (χ0v) is 13.9. The molecule has 0 atom stereocenters. The van der Waals surface area contributed by atoms with E-state index in [2.05, 4.69) is 15.9 Å². The van der Waals surface area contributed by atoms with E-state index in [1.807, 2.05) is 35.0 Å². The maximum atomic E-state index is 12.4. The van der Waals surface area contributed by atoms with Crippen molar-refractivity contribution in [3.05, 3.63) is 68.7 Å². The first-order chi connectivity index (χ1) is 10.1. The van der Waals surface area contributed by atoms with Gasteiger partial charge in [-0.25, -0.2) is 0 Å². The number of hydrogen-bond donors (Lipinski definition) is 0. The molecule has 0 aliphatic carbocycles. The Kier molecular flexibility index (Phi) is 4.07. The molecule has 2 nitrogen and oxygen atoms in total. The van der Waals surface area contributed by atoms with Crippen molar-refractivity contribution < 1.29 is 4.79 Å². The number of halogens is 3. The van der Waals surface area contributed by atoms with Crippen LogP contribution in [0.15, 0.2) is 53.1 Å². The van der Waals surface area contributed by atoms with Crippen LogP contribution < -0.4 is 0 Å². The molecule has 1 aromatic heterocycles. The van der Waals surface area contributed by atoms with Gasteiger partial charge in [0.25, 0.3) is 0 Å². The Morgan fingerprint density at radius 1 is 1.10 bits per heavy atom. The highest BCUT2D eigenvalue weighted by Gasteiger charge is 2.11. The normalized spacial score (nSPS) is 11.0. The number of aromatic nitrogens is 1. The first-order valence-corrected chi connectivity index (χ1v) is 7.83. The van der Waals surface area contributed by atoms with Crippen molar-refractivity contribution in [1.29, 1.82) is 0 Å². The molecule has 3 aromatic rings. The van der Waals surface area contributed by atoms with E-state index in [0.29, 0.717) is 15.6 Å². The lowest BCUT2D eigenvalue weighted by atomic mass is 10.1. The lowest BCUT2D eigenvalue weighted by Crippen LogP contribution is -2.09. The molecule has 0 aliphatic rings. The van der Waals surface area contributed by atoms with Gasteiger partial charge in [-0.15, -0.1) is 0 Å². The zero-order chi connectivity index (χ0) is 15.0. The molecule has 0 bridgehead atoms. The van der Waals surface area contributed by atoms with Crippen LogP contribution in [0.2, 0.25) is 10.0 Å². The molecule has 106 valence electrons. The van der Waals surface area contributed by atoms with E-state index in [4.69, 9.17) is 23.2 Å². The molecule has 0 N–H and O–H groups in total. The average molecular weight is 383 g/mol. The molecule has 0 radical (unpaired) electrons. The monoisotopic (exact) mass is 381 g/mol. The summed E-state index contributed by atoms with van der Waals surface area (Å²) >= 11 is 15.3. The molecule has 21 heavy (non-hydrogen) atoms. The number of Topliss-reactive ketones (excluding diaryl/α,β-unsaturated/α-hetero) is 1. The van der Waals surface area contributed by atoms with Gasteiger partial charge in [0.15, 0.2) is 5.78 Å². The Bertz CT molecular complexity index is 841. The topological polar surface area (TPSA) is 22.0 Å². The van der Waals surface area contributed by atoms with Crippen LogP contribution >= 0.6 is 39.1 Å². The molecule has 5 heteroatoms. The second kappa shape index (κ2) is 5.84. The molecule has 0 amide bonds. The molecule has 2 aromatic carbocycles. The zero-order valence-electron chi connectivity index (χ0n) is 10.8. The van der Waals surface area contributed by atoms with Crippen molar-refractivity contribution in [2.75, 3.05) is 0 Å². The second-order valence-electron chi connectivity index (χ2n) is 4.67. The van der Waals surface area contributed by atoms with E-state index >= 15 is 0 Å². The minimum Gasteiger partial charge on any atom is -0.340 e. The summed E-state index contributed by atoms with van der Waals surface area (Å²) in [6, 6.07) is 12.8. The Hall–Kier alpha value is -1.29. The number of rotatable bonds is 3. The van der Waals surface area contributed by atoms with E-state index in [9.17, 15) is 4.79 Å². The van der Waals surface area contributed by atoms with Crippen molar-refractivity contribution in [2.45, 2.75) is 6.54 Å². The van der Waals surface area contributed by atoms with E-state index in [1.54, 1.807) is 18.2 Å². The van der Waals surface area contributed by atoms with Gasteiger partial charge in [0.2, 0.25) is 0 Å². The smallest absolute Gasteiger partial charge is 0.182 e. The number of nitrogens with zero attached hydrogens (tertiary/aromatic N) is 1. The van der Waals surface area contributed by atoms with Crippen molar-refractivity contribution in [1.82, 2.24) is 4.57 Å². The van der Waals surface area contributed by atoms with Gasteiger partial charge in [-0.2, -0.15) is 0 Å². The van der Waals surface area contributed by atoms with Gasteiger partial charge in [0.1, 0.15) is 0 Å². The summed E-state index contributed by atoms with van der Waals surface area (Å²) < 4.78 is 2.94. The number of carbonyl (C=O) groups is 1. The van der Waals surface area contributed by atoms with Crippen LogP contribution in [0.25, 0.3) is 10.9 Å². The third-order valence-corrected chi connectivity index (χ3v) is 4.75. The highest BCUT2D eigenvalue weighted by atomic mass is 79.9. The van der Waals surface area contributed by atoms with Crippen LogP contribution in [0, 0.1) is 0 Å². The molecule has 0 spiro atoms. The van der Waals surface area contributed by atoms with Crippen LogP contribution in [0.1, 0.15) is 10.4 Å². The number of fused-ring (bicyclic) bond motifs is 1. The Morgan fingerprint density at radius 2 is 1.90 bits per heavy atom. The maximum Gasteiger partial charge on any atom is 0.182 e. The molecule has 3 rings (SSSR count). The maximum absolute atomic E-state index is 12.4. The van der Waals surface area contributed by atoms with Crippen molar-refractivity contribution in [2.24, 2.45) is 0 Å². The van der Waals surface area contributed by atoms with E-state index in [1.165, 1.54) is 0 Å². The van der Waals surface area contributed by atoms with E-state index in [0.717, 1.165) is 15.4 Å². The molecular formula is C16H10BrCl2NO. The number of ketones is 1. The second-order valence-corrected chi connectivity index (χ2v) is 6.34. The predicted molar refractivity (Wildman–Crippen MR) is 90.4 cm³/mol. The van der Waals surface area contributed by atoms with Gasteiger partial charge in [-0.05, 0) is 36.4 Å². The Morgan fingerprint density at radius 3 is 2.67 bits per heavy atom. The first-order valence-electron chi connectivity index (χ1n) is 6.28. The van der Waals surface area contributed by atoms with Crippen LogP contribution in [0.4, 0.5) is 0 Å². The number of benzene rings is 2. The lowest BCUT2D eigenvalue weighted by molar-refractivity contribution is 0.0973. The fourth-order valence-corrected chi connectivity index (χ4v) is 3.03. The summed E-state index contributed by atoms with van der Waals surface area (Å²) in [6.07, 6.45) is 1.91. The van der Waals surface area contributed by atoms with Crippen LogP contribution in [0.5, 0.6) is 0 Å². The molecular weight excluding hydrogens is 373 g/mol. The number of carbonyl (C=O) groups excluding carboxylic acids is 1. The molecule has 0 saturated carbocycles. The van der Waals surface area contributed by atoms with Crippen LogP contribution in [-0.2, 0) is 6.54 Å². The molecule has 0 aliphatic heterocycles. The van der Waals surface area contributed by atoms with Crippen molar-refractivity contribution >= 4 is 55.8 Å². The minimum atomic E-state index is -0.00829. The molecule has 1 heterocycles. The highest BCUT2D eigenvalue weighted by molar-refractivity contribution is 9.10. The van der Waals surface area contributed by atoms with Crippen LogP contribution in [0.3, 0.4) is 0 Å². The average Bonchev–Trinajstić information content (AvgIpc) is 2.86.